The molecule has 4 rings (SSSR count). The summed E-state index contributed by atoms with van der Waals surface area (Å²) >= 11 is 0. The van der Waals surface area contributed by atoms with Crippen LogP contribution in [-0.4, -0.2) is 144 Å². The van der Waals surface area contributed by atoms with Crippen molar-refractivity contribution in [3.05, 3.63) is 0 Å². The highest BCUT2D eigenvalue weighted by molar-refractivity contribution is 5.73. The van der Waals surface area contributed by atoms with E-state index in [0.717, 1.165) is 0 Å². The van der Waals surface area contributed by atoms with E-state index < -0.39 is 108 Å². The highest BCUT2D eigenvalue weighted by Gasteiger charge is 2.59. The van der Waals surface area contributed by atoms with E-state index in [1.165, 1.54) is 7.11 Å². The van der Waals surface area contributed by atoms with E-state index in [0.29, 0.717) is 12.8 Å². The fraction of sp³-hybridized carbons (Fsp3) is 0.947. The Bertz CT molecular complexity index is 1260. The molecule has 308 valence electrons. The maximum Gasteiger partial charge on any atom is 0.509 e. The number of aliphatic hydroxyl groups is 3. The van der Waals surface area contributed by atoms with Crippen LogP contribution in [-0.2, 0) is 42.7 Å². The Kier molecular flexibility index (Phi) is 14.0. The molecule has 15 heteroatoms. The normalized spacial score (nSPS) is 50.5. The van der Waals surface area contributed by atoms with Crippen LogP contribution in [0, 0.1) is 23.7 Å². The molecule has 19 atom stereocenters. The lowest BCUT2D eigenvalue weighted by molar-refractivity contribution is -0.318. The van der Waals surface area contributed by atoms with Gasteiger partial charge in [-0.3, -0.25) is 4.79 Å². The zero-order chi connectivity index (χ0) is 40.0. The third kappa shape index (κ3) is 9.00. The number of methoxy groups -OCH3 is 1. The summed E-state index contributed by atoms with van der Waals surface area (Å²) in [7, 11) is 5.26. The van der Waals surface area contributed by atoms with Crippen LogP contribution in [0.4, 0.5) is 4.79 Å². The van der Waals surface area contributed by atoms with E-state index in [1.54, 1.807) is 34.6 Å². The molecule has 53 heavy (non-hydrogen) atoms. The zero-order valence-corrected chi connectivity index (χ0v) is 34.0. The minimum atomic E-state index is -1.64. The van der Waals surface area contributed by atoms with E-state index in [-0.39, 0.29) is 30.9 Å². The highest BCUT2D eigenvalue weighted by Crippen LogP contribution is 2.43. The number of hydrogen-bond donors (Lipinski definition) is 4. The van der Waals surface area contributed by atoms with Crippen LogP contribution >= 0.6 is 0 Å². The number of fused-ring (bicyclic) bond motifs is 1. The van der Waals surface area contributed by atoms with Crippen LogP contribution in [0.25, 0.3) is 0 Å². The lowest BCUT2D eigenvalue weighted by atomic mass is 9.72. The summed E-state index contributed by atoms with van der Waals surface area (Å²) in [5.41, 5.74) is 2.89. The first-order chi connectivity index (χ1) is 24.5. The third-order valence-corrected chi connectivity index (χ3v) is 12.7. The second kappa shape index (κ2) is 16.8. The monoisotopic (exact) mass is 760 g/mol. The SMILES string of the molecule is CCC1OC(=O)C(C)C(OC2CC(C)(OC)C(O)C(C)O2)C(C)C(OC2OC(C)CC(N(C)C)C2O)C(C)(O)CC(C)C(N)C(C)C2OC(=O)OC12C. The first kappa shape index (κ1) is 44.1. The van der Waals surface area contributed by atoms with E-state index in [4.69, 9.17) is 43.6 Å². The minimum absolute atomic E-state index is 0.120. The molecule has 4 aliphatic heterocycles. The largest absolute Gasteiger partial charge is 0.509 e. The average molecular weight is 761 g/mol. The quantitative estimate of drug-likeness (QED) is 0.276. The lowest BCUT2D eigenvalue weighted by Gasteiger charge is -2.49. The number of esters is 1. The van der Waals surface area contributed by atoms with Gasteiger partial charge in [0.2, 0.25) is 0 Å². The van der Waals surface area contributed by atoms with Crippen molar-refractivity contribution in [2.24, 2.45) is 29.4 Å². The molecule has 15 nitrogen and oxygen atoms in total. The molecule has 0 bridgehead atoms. The Balaban J connectivity index is 1.84. The zero-order valence-electron chi connectivity index (χ0n) is 34.0. The molecule has 0 radical (unpaired) electrons. The first-order valence-corrected chi connectivity index (χ1v) is 19.3. The second-order valence-electron chi connectivity index (χ2n) is 17.2. The van der Waals surface area contributed by atoms with Crippen molar-refractivity contribution in [2.45, 2.75) is 185 Å². The smallest absolute Gasteiger partial charge is 0.458 e. The number of rotatable bonds is 7. The molecule has 5 N–H and O–H groups in total. The predicted molar refractivity (Wildman–Crippen MR) is 192 cm³/mol. The molecule has 4 fully saturated rings. The maximum absolute atomic E-state index is 14.3. The van der Waals surface area contributed by atoms with Crippen LogP contribution in [0.5, 0.6) is 0 Å². The van der Waals surface area contributed by atoms with Gasteiger partial charge in [-0.15, -0.1) is 0 Å². The molecule has 4 heterocycles. The summed E-state index contributed by atoms with van der Waals surface area (Å²) in [5.74, 6) is -3.24. The van der Waals surface area contributed by atoms with Crippen molar-refractivity contribution in [3.8, 4) is 0 Å². The molecule has 0 aliphatic carbocycles. The number of ether oxygens (including phenoxy) is 8. The Hall–Kier alpha value is -1.66. The fourth-order valence-electron chi connectivity index (χ4n) is 9.25. The van der Waals surface area contributed by atoms with Gasteiger partial charge < -0.3 is 63.8 Å². The highest BCUT2D eigenvalue weighted by atomic mass is 16.8. The molecule has 19 unspecified atom stereocenters. The van der Waals surface area contributed by atoms with Crippen molar-refractivity contribution < 1.29 is 62.8 Å². The van der Waals surface area contributed by atoms with Crippen molar-refractivity contribution >= 4 is 12.1 Å². The summed E-state index contributed by atoms with van der Waals surface area (Å²) in [5, 5.41) is 35.1. The minimum Gasteiger partial charge on any atom is -0.458 e. The molecular weight excluding hydrogens is 692 g/mol. The van der Waals surface area contributed by atoms with Gasteiger partial charge in [-0.1, -0.05) is 27.7 Å². The third-order valence-electron chi connectivity index (χ3n) is 12.7. The summed E-state index contributed by atoms with van der Waals surface area (Å²) in [6, 6.07) is -0.896. The van der Waals surface area contributed by atoms with Gasteiger partial charge >= 0.3 is 12.1 Å². The van der Waals surface area contributed by atoms with Gasteiger partial charge in [0.15, 0.2) is 24.3 Å². The fourth-order valence-corrected chi connectivity index (χ4v) is 9.25. The van der Waals surface area contributed by atoms with Gasteiger partial charge in [0, 0.05) is 37.5 Å². The molecule has 0 aromatic heterocycles. The van der Waals surface area contributed by atoms with E-state index >= 15 is 0 Å². The molecule has 0 spiro atoms. The van der Waals surface area contributed by atoms with Crippen LogP contribution < -0.4 is 5.73 Å². The molecule has 4 aliphatic rings. The number of nitrogens with two attached hydrogens (primary N) is 1. The molecular formula is C38H68N2O13. The van der Waals surface area contributed by atoms with E-state index in [2.05, 4.69) is 0 Å². The maximum atomic E-state index is 14.3. The topological polar surface area (TPSA) is 198 Å². The number of carbonyl (C=O) groups is 2. The molecule has 0 aromatic rings. The van der Waals surface area contributed by atoms with Gasteiger partial charge in [0.1, 0.15) is 18.3 Å². The van der Waals surface area contributed by atoms with Crippen LogP contribution in [0.1, 0.15) is 94.9 Å². The van der Waals surface area contributed by atoms with E-state index in [1.807, 2.05) is 53.6 Å². The average Bonchev–Trinajstić information content (AvgIpc) is 3.40. The van der Waals surface area contributed by atoms with Crippen LogP contribution in [0.15, 0.2) is 0 Å². The van der Waals surface area contributed by atoms with Crippen molar-refractivity contribution in [1.29, 1.82) is 0 Å². The number of hydrogen-bond acceptors (Lipinski definition) is 15. The number of nitrogens with zero attached hydrogens (tertiary/aromatic N) is 1. The van der Waals surface area contributed by atoms with Crippen molar-refractivity contribution in [1.82, 2.24) is 4.90 Å². The van der Waals surface area contributed by atoms with Crippen LogP contribution in [0.2, 0.25) is 0 Å². The number of carbonyl (C=O) groups excluding carboxylic acids is 2. The van der Waals surface area contributed by atoms with E-state index in [9.17, 15) is 24.9 Å². The second-order valence-corrected chi connectivity index (χ2v) is 17.2. The van der Waals surface area contributed by atoms with Gasteiger partial charge in [0.05, 0.1) is 41.5 Å². The Labute approximate surface area is 315 Å². The number of cyclic esters (lactones) is 1. The Morgan fingerprint density at radius 2 is 1.58 bits per heavy atom. The van der Waals surface area contributed by atoms with Gasteiger partial charge in [-0.05, 0) is 80.8 Å². The standard InChI is InChI=1S/C38H68N2O13/c1-14-25-38(10)32(52-35(44)53-38)20(4)27(39)18(2)16-36(8,45)31(51-34-28(41)24(40(11)12)15-19(3)47-34)21(5)29(22(6)33(43)49-25)50-26-17-37(9,46-13)30(42)23(7)48-26/h18-32,34,41-42,45H,14-17,39H2,1-13H3. The summed E-state index contributed by atoms with van der Waals surface area (Å²) in [6.45, 7) is 17.8. The number of likely N-dealkylation sites (N-methyl/N-ethyl adjacent to an activating group) is 1. The lowest BCUT2D eigenvalue weighted by Crippen LogP contribution is -2.61. The van der Waals surface area contributed by atoms with Gasteiger partial charge in [0.25, 0.3) is 0 Å². The molecule has 4 saturated heterocycles. The first-order valence-electron chi connectivity index (χ1n) is 19.3. The van der Waals surface area contributed by atoms with Crippen LogP contribution in [0.3, 0.4) is 0 Å². The summed E-state index contributed by atoms with van der Waals surface area (Å²) in [6.07, 6.45) is -8.68. The summed E-state index contributed by atoms with van der Waals surface area (Å²) in [4.78, 5) is 29.0. The van der Waals surface area contributed by atoms with Crippen molar-refractivity contribution in [3.63, 3.8) is 0 Å². The number of aliphatic hydroxyl groups excluding tert-OH is 2. The summed E-state index contributed by atoms with van der Waals surface area (Å²) < 4.78 is 49.3. The molecule has 0 saturated carbocycles. The van der Waals surface area contributed by atoms with Gasteiger partial charge in [-0.2, -0.15) is 0 Å². The van der Waals surface area contributed by atoms with Crippen molar-refractivity contribution in [2.75, 3.05) is 21.2 Å². The Morgan fingerprint density at radius 1 is 0.943 bits per heavy atom. The van der Waals surface area contributed by atoms with Gasteiger partial charge in [-0.25, -0.2) is 4.79 Å². The molecule has 0 aromatic carbocycles. The molecule has 0 amide bonds. The predicted octanol–water partition coefficient (Wildman–Crippen LogP) is 2.73. The Morgan fingerprint density at radius 3 is 2.17 bits per heavy atom.